The van der Waals surface area contributed by atoms with E-state index < -0.39 is 88.3 Å². The van der Waals surface area contributed by atoms with E-state index >= 15 is 0 Å². The molecule has 348 valence electrons. The number of ether oxygens (including phenoxy) is 6. The molecular weight excluding hydrogens is 791 g/mol. The van der Waals surface area contributed by atoms with E-state index in [0.29, 0.717) is 31.5 Å². The van der Waals surface area contributed by atoms with Crippen LogP contribution in [0, 0.1) is 34.5 Å². The summed E-state index contributed by atoms with van der Waals surface area (Å²) in [5, 5.41) is 38.4. The summed E-state index contributed by atoms with van der Waals surface area (Å²) in [5.74, 6) is -3.50. The number of carbonyl (C=O) groups is 2. The van der Waals surface area contributed by atoms with Crippen molar-refractivity contribution in [3.63, 3.8) is 0 Å². The lowest BCUT2D eigenvalue weighted by Gasteiger charge is -2.70. The first-order valence-electron chi connectivity index (χ1n) is 24.1. The van der Waals surface area contributed by atoms with E-state index in [4.69, 9.17) is 28.4 Å². The first kappa shape index (κ1) is 47.5. The second-order valence-electron chi connectivity index (χ2n) is 19.6. The zero-order chi connectivity index (χ0) is 44.3. The number of hydrogen-bond acceptors (Lipinski definition) is 12. The molecule has 6 aliphatic rings. The molecule has 5 aliphatic carbocycles. The van der Waals surface area contributed by atoms with E-state index in [9.17, 15) is 24.9 Å². The lowest BCUT2D eigenvalue weighted by molar-refractivity contribution is -0.323. The standard InChI is InChI=1S/C50H77NO11/c1-7-9-10-11-12-13-14-15-16-17-18-19-20-21-25-28-37(53)62-50-38-34(30-48(56,45(60-6)43(50)54)44(38)61-46(55)33-26-23-22-24-27-33)49-36(58-4)29-35(52)47(32-57-3)31-51(8-2)42(49)39(50)40(59-5)41(47)49/h15-16,22-24,26-27,34-36,38-45,52,54,56H,7-14,17-21,25,28-32H2,1-6H3/b16-15-/t34?,35-,36+,38?,39+,40+,41?,42?,43+,44?,45+,47+,48?,49+,50-/m1/s1. The summed E-state index contributed by atoms with van der Waals surface area (Å²) in [4.78, 5) is 31.0. The predicted octanol–water partition coefficient (Wildman–Crippen LogP) is 6.67. The summed E-state index contributed by atoms with van der Waals surface area (Å²) < 4.78 is 38.7. The highest BCUT2D eigenvalue weighted by molar-refractivity contribution is 5.89. The summed E-state index contributed by atoms with van der Waals surface area (Å²) in [6, 6.07) is 8.31. The Morgan fingerprint density at radius 2 is 1.48 bits per heavy atom. The Morgan fingerprint density at radius 3 is 2.10 bits per heavy atom. The van der Waals surface area contributed by atoms with Crippen molar-refractivity contribution >= 4 is 11.9 Å². The first-order chi connectivity index (χ1) is 30.0. The minimum atomic E-state index is -1.85. The molecule has 12 heteroatoms. The second kappa shape index (κ2) is 20.0. The van der Waals surface area contributed by atoms with Gasteiger partial charge in [0.05, 0.1) is 30.5 Å². The second-order valence-corrected chi connectivity index (χ2v) is 19.6. The van der Waals surface area contributed by atoms with Crippen molar-refractivity contribution in [3.8, 4) is 0 Å². The van der Waals surface area contributed by atoms with E-state index in [1.165, 1.54) is 45.6 Å². The number of aliphatic hydroxyl groups is 3. The Labute approximate surface area is 370 Å². The maximum Gasteiger partial charge on any atom is 0.338 e. The fraction of sp³-hybridized carbons (Fsp3) is 0.800. The fourth-order valence-corrected chi connectivity index (χ4v) is 14.7. The number of carbonyl (C=O) groups excluding carboxylic acids is 2. The van der Waals surface area contributed by atoms with Gasteiger partial charge in [0.25, 0.3) is 0 Å². The maximum absolute atomic E-state index is 14.6. The summed E-state index contributed by atoms with van der Waals surface area (Å²) in [7, 11) is 6.41. The quantitative estimate of drug-likeness (QED) is 0.0579. The summed E-state index contributed by atoms with van der Waals surface area (Å²) in [5.41, 5.74) is -4.85. The van der Waals surface area contributed by atoms with Crippen LogP contribution in [0.1, 0.15) is 127 Å². The smallest absolute Gasteiger partial charge is 0.338 e. The number of esters is 2. The van der Waals surface area contributed by atoms with Crippen LogP contribution in [-0.4, -0.2) is 134 Å². The monoisotopic (exact) mass is 868 g/mol. The Morgan fingerprint density at radius 1 is 0.823 bits per heavy atom. The number of fused-ring (bicyclic) bond motifs is 2. The van der Waals surface area contributed by atoms with Gasteiger partial charge in [0, 0.05) is 82.5 Å². The topological polar surface area (TPSA) is 153 Å². The molecule has 7 bridgehead atoms. The average Bonchev–Trinajstić information content (AvgIpc) is 3.65. The van der Waals surface area contributed by atoms with Gasteiger partial charge < -0.3 is 43.7 Å². The fourth-order valence-electron chi connectivity index (χ4n) is 14.7. The maximum atomic E-state index is 14.6. The van der Waals surface area contributed by atoms with Gasteiger partial charge in [-0.25, -0.2) is 4.79 Å². The minimum absolute atomic E-state index is 0.0836. The zero-order valence-electron chi connectivity index (χ0n) is 38.4. The van der Waals surface area contributed by atoms with Gasteiger partial charge in [-0.15, -0.1) is 0 Å². The number of piperidine rings is 1. The van der Waals surface area contributed by atoms with Crippen LogP contribution in [0.15, 0.2) is 42.5 Å². The molecule has 3 N–H and O–H groups in total. The molecule has 7 rings (SSSR count). The van der Waals surface area contributed by atoms with Crippen LogP contribution in [0.25, 0.3) is 0 Å². The largest absolute Gasteiger partial charge is 0.455 e. The Kier molecular flexibility index (Phi) is 15.3. The normalized spacial score (nSPS) is 40.2. The highest BCUT2D eigenvalue weighted by Gasteiger charge is 2.92. The number of likely N-dealkylation sites (tertiary alicyclic amines) is 1. The van der Waals surface area contributed by atoms with Crippen molar-refractivity contribution < 1.29 is 53.3 Å². The van der Waals surface area contributed by atoms with E-state index in [1.807, 2.05) is 6.07 Å². The number of benzene rings is 1. The molecule has 0 radical (unpaired) electrons. The van der Waals surface area contributed by atoms with Crippen LogP contribution in [0.3, 0.4) is 0 Å². The highest BCUT2D eigenvalue weighted by atomic mass is 16.6. The Hall–Kier alpha value is -2.42. The number of allylic oxidation sites excluding steroid dienone is 2. The molecule has 12 nitrogen and oxygen atoms in total. The van der Waals surface area contributed by atoms with Crippen molar-refractivity contribution in [2.24, 2.45) is 34.5 Å². The first-order valence-corrected chi connectivity index (χ1v) is 24.1. The van der Waals surface area contributed by atoms with Crippen LogP contribution in [0.2, 0.25) is 0 Å². The van der Waals surface area contributed by atoms with Gasteiger partial charge >= 0.3 is 11.9 Å². The van der Waals surface area contributed by atoms with Crippen molar-refractivity contribution in [3.05, 3.63) is 48.0 Å². The summed E-state index contributed by atoms with van der Waals surface area (Å²) in [6.45, 7) is 5.67. The SMILES string of the molecule is CCCCCCCC/C=C\CCCCCCCC(=O)O[C@]12C3C(OC(=O)c4ccccc4)C(O)(CC3[C@@]34C5[C@@H]1[C@H](OC)C3[C@](COC)(CN5CC)[C@H](O)C[C@@H]4OC)[C@@H](OC)[C@@H]2O. The van der Waals surface area contributed by atoms with Gasteiger partial charge in [0.2, 0.25) is 0 Å². The van der Waals surface area contributed by atoms with Crippen LogP contribution < -0.4 is 0 Å². The van der Waals surface area contributed by atoms with E-state index in [1.54, 1.807) is 45.6 Å². The molecule has 1 aromatic carbocycles. The van der Waals surface area contributed by atoms with Gasteiger partial charge in [-0.3, -0.25) is 9.69 Å². The highest BCUT2D eigenvalue weighted by Crippen LogP contribution is 2.80. The Bertz CT molecular complexity index is 1680. The van der Waals surface area contributed by atoms with Crippen LogP contribution in [0.5, 0.6) is 0 Å². The molecule has 1 heterocycles. The molecule has 0 aromatic heterocycles. The zero-order valence-corrected chi connectivity index (χ0v) is 38.4. The lowest BCUT2D eigenvalue weighted by Crippen LogP contribution is -2.81. The molecule has 5 saturated carbocycles. The van der Waals surface area contributed by atoms with Crippen molar-refractivity contribution in [1.82, 2.24) is 4.90 Å². The minimum Gasteiger partial charge on any atom is -0.455 e. The number of aliphatic hydroxyl groups excluding tert-OH is 2. The van der Waals surface area contributed by atoms with Gasteiger partial charge in [-0.2, -0.15) is 0 Å². The third-order valence-electron chi connectivity index (χ3n) is 16.8. The number of methoxy groups -OCH3 is 4. The number of nitrogens with zero attached hydrogens (tertiary/aromatic N) is 1. The number of hydrogen-bond donors (Lipinski definition) is 3. The third kappa shape index (κ3) is 7.62. The molecule has 6 unspecified atom stereocenters. The number of rotatable bonds is 24. The predicted molar refractivity (Wildman–Crippen MR) is 234 cm³/mol. The van der Waals surface area contributed by atoms with Crippen LogP contribution >= 0.6 is 0 Å². The van der Waals surface area contributed by atoms with Crippen molar-refractivity contribution in [2.75, 3.05) is 48.1 Å². The third-order valence-corrected chi connectivity index (χ3v) is 16.8. The van der Waals surface area contributed by atoms with E-state index in [0.717, 1.165) is 38.5 Å². The lowest BCUT2D eigenvalue weighted by atomic mass is 9.42. The Balaban J connectivity index is 1.19. The van der Waals surface area contributed by atoms with E-state index in [2.05, 4.69) is 30.9 Å². The molecular formula is C50H77NO11. The average molecular weight is 868 g/mol. The molecule has 0 amide bonds. The molecule has 1 aromatic rings. The molecule has 6 fully saturated rings. The molecule has 1 spiro atoms. The summed E-state index contributed by atoms with van der Waals surface area (Å²) >= 11 is 0. The molecule has 1 aliphatic heterocycles. The van der Waals surface area contributed by atoms with Gasteiger partial charge in [0.1, 0.15) is 23.9 Å². The van der Waals surface area contributed by atoms with Crippen molar-refractivity contribution in [1.29, 1.82) is 0 Å². The van der Waals surface area contributed by atoms with Crippen LogP contribution in [-0.2, 0) is 33.2 Å². The van der Waals surface area contributed by atoms with Crippen LogP contribution in [0.4, 0.5) is 0 Å². The van der Waals surface area contributed by atoms with Crippen molar-refractivity contribution in [2.45, 2.75) is 170 Å². The van der Waals surface area contributed by atoms with Gasteiger partial charge in [-0.05, 0) is 63.1 Å². The summed E-state index contributed by atoms with van der Waals surface area (Å²) in [6.07, 6.45) is 14.0. The van der Waals surface area contributed by atoms with Gasteiger partial charge in [-0.1, -0.05) is 95.6 Å². The molecule has 62 heavy (non-hydrogen) atoms. The molecule has 15 atom stereocenters. The molecule has 1 saturated heterocycles. The number of unbranched alkanes of at least 4 members (excludes halogenated alkanes) is 11. The van der Waals surface area contributed by atoms with Gasteiger partial charge in [0.15, 0.2) is 5.60 Å². The van der Waals surface area contributed by atoms with E-state index in [-0.39, 0.29) is 31.4 Å².